The van der Waals surface area contributed by atoms with Crippen LogP contribution < -0.4 is 0 Å². The molecule has 1 aliphatic heterocycles. The fraction of sp³-hybridized carbons (Fsp3) is 0.600. The molecule has 4 nitrogen and oxygen atoms in total. The summed E-state index contributed by atoms with van der Waals surface area (Å²) in [5.74, 6) is -0.304. The molecule has 0 saturated carbocycles. The molecule has 0 spiro atoms. The molecule has 9 heavy (non-hydrogen) atoms. The Hall–Kier alpha value is -1.06. The fourth-order valence-electron chi connectivity index (χ4n) is 0.656. The average Bonchev–Trinajstić information content (AvgIpc) is 2.17. The van der Waals surface area contributed by atoms with Crippen molar-refractivity contribution in [2.45, 2.75) is 12.5 Å². The quantitative estimate of drug-likeness (QED) is 0.372. The highest BCUT2D eigenvalue weighted by Crippen LogP contribution is 2.07. The zero-order valence-electron chi connectivity index (χ0n) is 4.70. The summed E-state index contributed by atoms with van der Waals surface area (Å²) in [6.07, 6.45) is -0.159. The number of hydrogen-bond donors (Lipinski definition) is 0. The molecule has 0 N–H and O–H groups in total. The summed E-state index contributed by atoms with van der Waals surface area (Å²) in [7, 11) is 0. The van der Waals surface area contributed by atoms with Crippen LogP contribution in [-0.2, 0) is 19.1 Å². The predicted molar refractivity (Wildman–Crippen MR) is 26.5 cm³/mol. The van der Waals surface area contributed by atoms with Gasteiger partial charge in [-0.3, -0.25) is 9.59 Å². The minimum atomic E-state index is -0.352. The zero-order valence-corrected chi connectivity index (χ0v) is 4.70. The van der Waals surface area contributed by atoms with E-state index in [0.717, 1.165) is 0 Å². The van der Waals surface area contributed by atoms with Crippen LogP contribution in [0.5, 0.6) is 0 Å². The third kappa shape index (κ3) is 1.42. The summed E-state index contributed by atoms with van der Waals surface area (Å²) in [4.78, 5) is 20.0. The highest BCUT2D eigenvalue weighted by Gasteiger charge is 2.24. The molecular weight excluding hydrogens is 124 g/mol. The molecular formula is C5H6O4. The van der Waals surface area contributed by atoms with E-state index in [1.54, 1.807) is 0 Å². The van der Waals surface area contributed by atoms with Gasteiger partial charge in [0.15, 0.2) is 0 Å². The molecule has 0 aromatic carbocycles. The number of carbonyl (C=O) groups excluding carboxylic acids is 2. The van der Waals surface area contributed by atoms with E-state index in [1.165, 1.54) is 0 Å². The van der Waals surface area contributed by atoms with Gasteiger partial charge in [0.25, 0.3) is 6.47 Å². The van der Waals surface area contributed by atoms with Crippen molar-refractivity contribution in [1.82, 2.24) is 0 Å². The largest absolute Gasteiger partial charge is 0.462 e. The molecule has 1 heterocycles. The third-order valence-corrected chi connectivity index (χ3v) is 1.07. The van der Waals surface area contributed by atoms with Crippen LogP contribution in [0.1, 0.15) is 6.42 Å². The maximum absolute atomic E-state index is 10.3. The van der Waals surface area contributed by atoms with Crippen molar-refractivity contribution in [3.8, 4) is 0 Å². The molecule has 1 atom stereocenters. The molecule has 0 aromatic rings. The molecule has 1 saturated heterocycles. The van der Waals surface area contributed by atoms with E-state index in [-0.39, 0.29) is 25.1 Å². The van der Waals surface area contributed by atoms with Gasteiger partial charge in [0, 0.05) is 0 Å². The van der Waals surface area contributed by atoms with Gasteiger partial charge in [-0.25, -0.2) is 0 Å². The Balaban J connectivity index is 2.29. The van der Waals surface area contributed by atoms with Gasteiger partial charge in [-0.05, 0) is 0 Å². The van der Waals surface area contributed by atoms with Gasteiger partial charge < -0.3 is 9.47 Å². The number of rotatable bonds is 2. The maximum atomic E-state index is 10.3. The summed E-state index contributed by atoms with van der Waals surface area (Å²) in [5.41, 5.74) is 0. The van der Waals surface area contributed by atoms with Crippen molar-refractivity contribution in [3.05, 3.63) is 0 Å². The van der Waals surface area contributed by atoms with E-state index >= 15 is 0 Å². The molecule has 1 fully saturated rings. The first-order valence-electron chi connectivity index (χ1n) is 2.57. The lowest BCUT2D eigenvalue weighted by atomic mass is 10.3. The SMILES string of the molecule is O=COC1COC(=O)C1. The van der Waals surface area contributed by atoms with Crippen LogP contribution in [0.3, 0.4) is 0 Å². The summed E-state index contributed by atoms with van der Waals surface area (Å²) in [6.45, 7) is 0.532. The van der Waals surface area contributed by atoms with Gasteiger partial charge in [0.1, 0.15) is 12.7 Å². The van der Waals surface area contributed by atoms with Gasteiger partial charge >= 0.3 is 5.97 Å². The second-order valence-corrected chi connectivity index (χ2v) is 1.74. The lowest BCUT2D eigenvalue weighted by Crippen LogP contribution is -2.10. The Bertz CT molecular complexity index is 131. The van der Waals surface area contributed by atoms with Gasteiger partial charge in [-0.1, -0.05) is 0 Å². The summed E-state index contributed by atoms with van der Waals surface area (Å²) in [5, 5.41) is 0. The summed E-state index contributed by atoms with van der Waals surface area (Å²) >= 11 is 0. The van der Waals surface area contributed by atoms with Crippen molar-refractivity contribution in [2.24, 2.45) is 0 Å². The maximum Gasteiger partial charge on any atom is 0.309 e. The number of esters is 1. The van der Waals surface area contributed by atoms with E-state index in [9.17, 15) is 9.59 Å². The number of ether oxygens (including phenoxy) is 2. The number of cyclic esters (lactones) is 1. The molecule has 4 heteroatoms. The summed E-state index contributed by atoms with van der Waals surface area (Å²) in [6, 6.07) is 0. The fourth-order valence-corrected chi connectivity index (χ4v) is 0.656. The highest BCUT2D eigenvalue weighted by atomic mass is 16.6. The molecule has 0 radical (unpaired) electrons. The topological polar surface area (TPSA) is 52.6 Å². The minimum Gasteiger partial charge on any atom is -0.462 e. The minimum absolute atomic E-state index is 0.193. The molecule has 0 amide bonds. The Morgan fingerprint density at radius 2 is 2.56 bits per heavy atom. The third-order valence-electron chi connectivity index (χ3n) is 1.07. The van der Waals surface area contributed by atoms with E-state index in [0.29, 0.717) is 6.47 Å². The molecule has 50 valence electrons. The number of hydrogen-bond acceptors (Lipinski definition) is 4. The second kappa shape index (κ2) is 2.48. The van der Waals surface area contributed by atoms with Crippen LogP contribution in [0.4, 0.5) is 0 Å². The van der Waals surface area contributed by atoms with Crippen molar-refractivity contribution < 1.29 is 19.1 Å². The predicted octanol–water partition coefficient (Wildman–Crippen LogP) is -0.525. The first-order chi connectivity index (χ1) is 4.33. The van der Waals surface area contributed by atoms with Crippen LogP contribution in [-0.4, -0.2) is 25.2 Å². The standard InChI is InChI=1S/C5H6O4/c6-3-9-4-1-5(7)8-2-4/h3-4H,1-2H2. The van der Waals surface area contributed by atoms with E-state index in [1.807, 2.05) is 0 Å². The van der Waals surface area contributed by atoms with Crippen molar-refractivity contribution in [1.29, 1.82) is 0 Å². The Morgan fingerprint density at radius 1 is 1.78 bits per heavy atom. The normalized spacial score (nSPS) is 25.3. The van der Waals surface area contributed by atoms with E-state index in [2.05, 4.69) is 9.47 Å². The van der Waals surface area contributed by atoms with Crippen LogP contribution >= 0.6 is 0 Å². The Kier molecular flexibility index (Phi) is 1.67. The van der Waals surface area contributed by atoms with E-state index in [4.69, 9.17) is 0 Å². The lowest BCUT2D eigenvalue weighted by Gasteiger charge is -1.99. The first-order valence-corrected chi connectivity index (χ1v) is 2.57. The number of carbonyl (C=O) groups is 2. The molecule has 1 unspecified atom stereocenters. The molecule has 1 aliphatic rings. The van der Waals surface area contributed by atoms with Crippen molar-refractivity contribution in [3.63, 3.8) is 0 Å². The van der Waals surface area contributed by atoms with Gasteiger partial charge in [-0.15, -0.1) is 0 Å². The van der Waals surface area contributed by atoms with Crippen LogP contribution in [0.2, 0.25) is 0 Å². The van der Waals surface area contributed by atoms with Crippen molar-refractivity contribution >= 4 is 12.4 Å². The molecule has 1 rings (SSSR count). The summed E-state index contributed by atoms with van der Waals surface area (Å²) < 4.78 is 8.94. The molecule has 0 aliphatic carbocycles. The molecule has 0 aromatic heterocycles. The highest BCUT2D eigenvalue weighted by molar-refractivity contribution is 5.72. The smallest absolute Gasteiger partial charge is 0.309 e. The average molecular weight is 130 g/mol. The van der Waals surface area contributed by atoms with Crippen LogP contribution in [0.25, 0.3) is 0 Å². The van der Waals surface area contributed by atoms with Crippen LogP contribution in [0.15, 0.2) is 0 Å². The van der Waals surface area contributed by atoms with Crippen molar-refractivity contribution in [2.75, 3.05) is 6.61 Å². The monoisotopic (exact) mass is 130 g/mol. The zero-order chi connectivity index (χ0) is 6.69. The van der Waals surface area contributed by atoms with Gasteiger partial charge in [-0.2, -0.15) is 0 Å². The molecule has 0 bridgehead atoms. The van der Waals surface area contributed by atoms with Crippen LogP contribution in [0, 0.1) is 0 Å². The Labute approximate surface area is 51.7 Å². The van der Waals surface area contributed by atoms with E-state index < -0.39 is 0 Å². The first kappa shape index (κ1) is 6.07. The van der Waals surface area contributed by atoms with Gasteiger partial charge in [0.05, 0.1) is 6.42 Å². The second-order valence-electron chi connectivity index (χ2n) is 1.74. The van der Waals surface area contributed by atoms with Gasteiger partial charge in [0.2, 0.25) is 0 Å². The lowest BCUT2D eigenvalue weighted by molar-refractivity contribution is -0.138. The Morgan fingerprint density at radius 3 is 3.00 bits per heavy atom.